The number of amides is 1. The normalized spacial score (nSPS) is 17.1. The molecule has 1 aliphatic rings. The van der Waals surface area contributed by atoms with Crippen LogP contribution in [0.1, 0.15) is 32.1 Å². The smallest absolute Gasteiger partial charge is 0.410 e. The Bertz CT molecular complexity index is 816. The van der Waals surface area contributed by atoms with Crippen LogP contribution >= 0.6 is 11.3 Å². The van der Waals surface area contributed by atoms with Gasteiger partial charge in [-0.1, -0.05) is 0 Å². The van der Waals surface area contributed by atoms with Gasteiger partial charge in [0.25, 0.3) is 0 Å². The Morgan fingerprint density at radius 1 is 1.30 bits per heavy atom. The van der Waals surface area contributed by atoms with Crippen molar-refractivity contribution in [3.63, 3.8) is 0 Å². The van der Waals surface area contributed by atoms with Crippen molar-refractivity contribution in [3.05, 3.63) is 40.3 Å². The van der Waals surface area contributed by atoms with E-state index in [1.54, 1.807) is 22.3 Å². The van der Waals surface area contributed by atoms with Crippen LogP contribution in [0.5, 0.6) is 5.75 Å². The number of nitrogens with one attached hydrogen (secondary N) is 1. The van der Waals surface area contributed by atoms with Gasteiger partial charge in [0, 0.05) is 23.9 Å². The summed E-state index contributed by atoms with van der Waals surface area (Å²) < 4.78 is 25.2. The minimum Gasteiger partial charge on any atom is -0.486 e. The summed E-state index contributed by atoms with van der Waals surface area (Å²) in [5, 5.41) is 5.30. The third-order valence-electron chi connectivity index (χ3n) is 4.16. The lowest BCUT2D eigenvalue weighted by molar-refractivity contribution is 0.0276. The summed E-state index contributed by atoms with van der Waals surface area (Å²) in [5.41, 5.74) is 1.14. The maximum Gasteiger partial charge on any atom is 0.410 e. The fourth-order valence-electron chi connectivity index (χ4n) is 2.85. The predicted molar refractivity (Wildman–Crippen MR) is 106 cm³/mol. The zero-order chi connectivity index (χ0) is 19.6. The molecule has 1 unspecified atom stereocenters. The molecular formula is C20H25FN2O3S. The van der Waals surface area contributed by atoms with E-state index in [2.05, 4.69) is 5.32 Å². The molecule has 0 bridgehead atoms. The Labute approximate surface area is 163 Å². The minimum absolute atomic E-state index is 0.205. The van der Waals surface area contributed by atoms with Crippen LogP contribution in [0.15, 0.2) is 29.6 Å². The van der Waals surface area contributed by atoms with Gasteiger partial charge in [0.2, 0.25) is 0 Å². The van der Waals surface area contributed by atoms with Crippen molar-refractivity contribution in [3.8, 4) is 5.75 Å². The number of rotatable bonds is 4. The van der Waals surface area contributed by atoms with Crippen LogP contribution in [0.25, 0.3) is 0 Å². The van der Waals surface area contributed by atoms with Gasteiger partial charge in [0.15, 0.2) is 0 Å². The highest BCUT2D eigenvalue weighted by atomic mass is 32.1. The number of hydrogen-bond donors (Lipinski definition) is 1. The first kappa shape index (κ1) is 19.5. The Hall–Kier alpha value is -2.28. The molecule has 0 aliphatic carbocycles. The molecular weight excluding hydrogens is 367 g/mol. The molecule has 1 atom stereocenters. The molecule has 1 aromatic carbocycles. The largest absolute Gasteiger partial charge is 0.486 e. The Morgan fingerprint density at radius 2 is 2.07 bits per heavy atom. The monoisotopic (exact) mass is 392 g/mol. The van der Waals surface area contributed by atoms with Crippen molar-refractivity contribution in [1.29, 1.82) is 0 Å². The zero-order valence-corrected chi connectivity index (χ0v) is 16.9. The average molecular weight is 392 g/mol. The third kappa shape index (κ3) is 5.13. The van der Waals surface area contributed by atoms with Gasteiger partial charge in [0.1, 0.15) is 23.3 Å². The quantitative estimate of drug-likeness (QED) is 0.764. The number of carbonyl (C=O) groups is 1. The van der Waals surface area contributed by atoms with Crippen LogP contribution in [0.3, 0.4) is 0 Å². The number of halogens is 1. The zero-order valence-electron chi connectivity index (χ0n) is 16.0. The van der Waals surface area contributed by atoms with Crippen molar-refractivity contribution in [2.45, 2.75) is 45.8 Å². The van der Waals surface area contributed by atoms with Crippen molar-refractivity contribution < 1.29 is 18.7 Å². The molecule has 1 aliphatic heterocycles. The molecule has 146 valence electrons. The molecule has 1 fully saturated rings. The highest BCUT2D eigenvalue weighted by Crippen LogP contribution is 2.33. The Morgan fingerprint density at radius 3 is 2.74 bits per heavy atom. The molecule has 7 heteroatoms. The van der Waals surface area contributed by atoms with E-state index >= 15 is 0 Å². The number of hydrogen-bond acceptors (Lipinski definition) is 5. The predicted octanol–water partition coefficient (Wildman–Crippen LogP) is 5.33. The second-order valence-electron chi connectivity index (χ2n) is 7.61. The highest BCUT2D eigenvalue weighted by Gasteiger charge is 2.31. The molecule has 1 amide bonds. The Kier molecular flexibility index (Phi) is 5.60. The maximum atomic E-state index is 13.8. The lowest BCUT2D eigenvalue weighted by Crippen LogP contribution is -2.36. The number of ether oxygens (including phenoxy) is 2. The first-order valence-corrected chi connectivity index (χ1v) is 9.84. The number of benzene rings is 1. The van der Waals surface area contributed by atoms with Crippen LogP contribution in [-0.4, -0.2) is 35.8 Å². The molecule has 1 N–H and O–H groups in total. The molecule has 27 heavy (non-hydrogen) atoms. The van der Waals surface area contributed by atoms with E-state index in [9.17, 15) is 9.18 Å². The first-order chi connectivity index (χ1) is 12.7. The van der Waals surface area contributed by atoms with E-state index in [1.807, 2.05) is 39.1 Å². The van der Waals surface area contributed by atoms with Gasteiger partial charge >= 0.3 is 6.09 Å². The van der Waals surface area contributed by atoms with Crippen LogP contribution < -0.4 is 10.1 Å². The molecule has 2 heterocycles. The van der Waals surface area contributed by atoms with Gasteiger partial charge < -0.3 is 19.7 Å². The molecule has 0 spiro atoms. The van der Waals surface area contributed by atoms with E-state index in [-0.39, 0.29) is 18.0 Å². The van der Waals surface area contributed by atoms with Crippen LogP contribution in [0.2, 0.25) is 0 Å². The van der Waals surface area contributed by atoms with Gasteiger partial charge in [-0.3, -0.25) is 0 Å². The SMILES string of the molecule is Cc1sccc1Nc1ccc(F)cc1OC1CCN(C(=O)OC(C)(C)C)C1. The molecule has 1 aromatic heterocycles. The van der Waals surface area contributed by atoms with E-state index in [1.165, 1.54) is 12.1 Å². The summed E-state index contributed by atoms with van der Waals surface area (Å²) in [6.45, 7) is 8.51. The number of nitrogens with zero attached hydrogens (tertiary/aromatic N) is 1. The number of carbonyl (C=O) groups excluding carboxylic acids is 1. The molecule has 5 nitrogen and oxygen atoms in total. The second kappa shape index (κ2) is 7.76. The van der Waals surface area contributed by atoms with Gasteiger partial charge in [0.05, 0.1) is 17.9 Å². The van der Waals surface area contributed by atoms with E-state index in [4.69, 9.17) is 9.47 Å². The Balaban J connectivity index is 1.68. The number of anilines is 2. The topological polar surface area (TPSA) is 50.8 Å². The number of thiophene rings is 1. The third-order valence-corrected chi connectivity index (χ3v) is 5.01. The molecule has 0 saturated carbocycles. The lowest BCUT2D eigenvalue weighted by Gasteiger charge is -2.24. The fraction of sp³-hybridized carbons (Fsp3) is 0.450. The fourth-order valence-corrected chi connectivity index (χ4v) is 3.51. The summed E-state index contributed by atoms with van der Waals surface area (Å²) in [5.74, 6) is 0.0798. The average Bonchev–Trinajstić information content (AvgIpc) is 3.18. The van der Waals surface area contributed by atoms with Crippen molar-refractivity contribution >= 4 is 28.8 Å². The van der Waals surface area contributed by atoms with E-state index in [0.29, 0.717) is 30.9 Å². The second-order valence-corrected chi connectivity index (χ2v) is 8.73. The van der Waals surface area contributed by atoms with Crippen molar-refractivity contribution in [1.82, 2.24) is 4.90 Å². The van der Waals surface area contributed by atoms with E-state index in [0.717, 1.165) is 10.6 Å². The van der Waals surface area contributed by atoms with Crippen molar-refractivity contribution in [2.24, 2.45) is 0 Å². The molecule has 2 aromatic rings. The summed E-state index contributed by atoms with van der Waals surface area (Å²) in [6.07, 6.45) is 0.121. The van der Waals surface area contributed by atoms with Crippen LogP contribution in [-0.2, 0) is 4.74 Å². The van der Waals surface area contributed by atoms with Crippen LogP contribution in [0, 0.1) is 12.7 Å². The highest BCUT2D eigenvalue weighted by molar-refractivity contribution is 7.10. The number of aryl methyl sites for hydroxylation is 1. The standard InChI is InChI=1S/C20H25FN2O3S/c1-13-16(8-10-27-13)22-17-6-5-14(21)11-18(17)25-15-7-9-23(12-15)19(24)26-20(2,3)4/h5-6,8,10-11,15,22H,7,9,12H2,1-4H3. The molecule has 1 saturated heterocycles. The summed E-state index contributed by atoms with van der Waals surface area (Å²) in [7, 11) is 0. The minimum atomic E-state index is -0.534. The lowest BCUT2D eigenvalue weighted by atomic mass is 10.2. The molecule has 0 radical (unpaired) electrons. The van der Waals surface area contributed by atoms with Crippen molar-refractivity contribution in [2.75, 3.05) is 18.4 Å². The summed E-state index contributed by atoms with van der Waals surface area (Å²) in [6, 6.07) is 6.42. The maximum absolute atomic E-state index is 13.8. The van der Waals surface area contributed by atoms with E-state index < -0.39 is 5.60 Å². The van der Waals surface area contributed by atoms with Gasteiger partial charge in [-0.15, -0.1) is 11.3 Å². The first-order valence-electron chi connectivity index (χ1n) is 8.96. The van der Waals surface area contributed by atoms with Gasteiger partial charge in [-0.2, -0.15) is 0 Å². The van der Waals surface area contributed by atoms with Gasteiger partial charge in [-0.25, -0.2) is 9.18 Å². The summed E-state index contributed by atoms with van der Waals surface area (Å²) in [4.78, 5) is 15.0. The van der Waals surface area contributed by atoms with Crippen LogP contribution in [0.4, 0.5) is 20.6 Å². The molecule has 3 rings (SSSR count). The number of likely N-dealkylation sites (tertiary alicyclic amines) is 1. The summed E-state index contributed by atoms with van der Waals surface area (Å²) >= 11 is 1.64. The van der Waals surface area contributed by atoms with Gasteiger partial charge in [-0.05, 0) is 51.3 Å².